The molecule has 1 aromatic heterocycles. The number of anilines is 1. The van der Waals surface area contributed by atoms with Crippen LogP contribution < -0.4 is 5.32 Å². The molecule has 0 saturated heterocycles. The summed E-state index contributed by atoms with van der Waals surface area (Å²) in [4.78, 5) is 12.1. The van der Waals surface area contributed by atoms with Gasteiger partial charge in [0.05, 0.1) is 11.7 Å². The summed E-state index contributed by atoms with van der Waals surface area (Å²) >= 11 is 0. The third-order valence-electron chi connectivity index (χ3n) is 3.59. The number of nitrogens with one attached hydrogen (secondary N) is 1. The van der Waals surface area contributed by atoms with Crippen LogP contribution in [0.3, 0.4) is 0 Å². The van der Waals surface area contributed by atoms with Gasteiger partial charge in [0.2, 0.25) is 5.91 Å². The Labute approximate surface area is 126 Å². The fourth-order valence-corrected chi connectivity index (χ4v) is 2.48. The van der Waals surface area contributed by atoms with Gasteiger partial charge in [0.25, 0.3) is 0 Å². The van der Waals surface area contributed by atoms with Crippen LogP contribution in [0, 0.1) is 13.8 Å². The van der Waals surface area contributed by atoms with Crippen LogP contribution in [0.5, 0.6) is 0 Å². The molecule has 4 heteroatoms. The maximum atomic E-state index is 12.1. The zero-order valence-electron chi connectivity index (χ0n) is 13.2. The van der Waals surface area contributed by atoms with E-state index >= 15 is 0 Å². The van der Waals surface area contributed by atoms with Crippen LogP contribution in [0.1, 0.15) is 43.3 Å². The van der Waals surface area contributed by atoms with Gasteiger partial charge in [-0.25, -0.2) is 0 Å². The van der Waals surface area contributed by atoms with Gasteiger partial charge in [-0.2, -0.15) is 5.10 Å². The Morgan fingerprint density at radius 2 is 1.95 bits per heavy atom. The minimum atomic E-state index is 0.0132. The zero-order chi connectivity index (χ0) is 15.4. The molecule has 0 aliphatic carbocycles. The average molecular weight is 285 g/mol. The van der Waals surface area contributed by atoms with Crippen molar-refractivity contribution in [3.63, 3.8) is 0 Å². The second-order valence-electron chi connectivity index (χ2n) is 5.52. The van der Waals surface area contributed by atoms with Crippen molar-refractivity contribution in [2.24, 2.45) is 0 Å². The van der Waals surface area contributed by atoms with Gasteiger partial charge in [-0.15, -0.1) is 0 Å². The first-order valence-corrected chi connectivity index (χ1v) is 7.41. The number of hydrogen-bond acceptors (Lipinski definition) is 2. The lowest BCUT2D eigenvalue weighted by molar-refractivity contribution is -0.116. The van der Waals surface area contributed by atoms with Gasteiger partial charge in [0.1, 0.15) is 0 Å². The highest BCUT2D eigenvalue weighted by Gasteiger charge is 2.14. The molecule has 21 heavy (non-hydrogen) atoms. The SMILES string of the molecule is CCc1ccc(NC(=O)C[C@H](C)n2nc(C)cc2C)cc1. The molecule has 0 saturated carbocycles. The van der Waals surface area contributed by atoms with Gasteiger partial charge in [-0.3, -0.25) is 9.48 Å². The Balaban J connectivity index is 1.96. The van der Waals surface area contributed by atoms with Crippen LogP contribution in [-0.2, 0) is 11.2 Å². The normalized spacial score (nSPS) is 12.2. The summed E-state index contributed by atoms with van der Waals surface area (Å²) < 4.78 is 1.91. The summed E-state index contributed by atoms with van der Waals surface area (Å²) in [5.74, 6) is 0.0132. The molecule has 2 rings (SSSR count). The molecule has 0 fully saturated rings. The van der Waals surface area contributed by atoms with Gasteiger partial charge < -0.3 is 5.32 Å². The van der Waals surface area contributed by atoms with E-state index in [1.165, 1.54) is 5.56 Å². The van der Waals surface area contributed by atoms with E-state index in [0.29, 0.717) is 6.42 Å². The maximum absolute atomic E-state index is 12.1. The second kappa shape index (κ2) is 6.57. The monoisotopic (exact) mass is 285 g/mol. The molecule has 4 nitrogen and oxygen atoms in total. The highest BCUT2D eigenvalue weighted by atomic mass is 16.1. The van der Waals surface area contributed by atoms with Crippen molar-refractivity contribution < 1.29 is 4.79 Å². The number of nitrogens with zero attached hydrogens (tertiary/aromatic N) is 2. The molecular formula is C17H23N3O. The van der Waals surface area contributed by atoms with E-state index < -0.39 is 0 Å². The van der Waals surface area contributed by atoms with Crippen molar-refractivity contribution in [3.8, 4) is 0 Å². The van der Waals surface area contributed by atoms with Crippen molar-refractivity contribution in [1.29, 1.82) is 0 Å². The molecule has 1 N–H and O–H groups in total. The lowest BCUT2D eigenvalue weighted by Gasteiger charge is -2.14. The first kappa shape index (κ1) is 15.3. The molecule has 1 aromatic carbocycles. The topological polar surface area (TPSA) is 46.9 Å². The Bertz CT molecular complexity index is 613. The third-order valence-corrected chi connectivity index (χ3v) is 3.59. The zero-order valence-corrected chi connectivity index (χ0v) is 13.2. The van der Waals surface area contributed by atoms with E-state index in [9.17, 15) is 4.79 Å². The molecule has 1 atom stereocenters. The largest absolute Gasteiger partial charge is 0.326 e. The van der Waals surface area contributed by atoms with Crippen LogP contribution in [0.25, 0.3) is 0 Å². The van der Waals surface area contributed by atoms with E-state index in [2.05, 4.69) is 17.3 Å². The quantitative estimate of drug-likeness (QED) is 0.911. The summed E-state index contributed by atoms with van der Waals surface area (Å²) in [6.45, 7) is 8.10. The van der Waals surface area contributed by atoms with Crippen LogP contribution in [0.4, 0.5) is 5.69 Å². The Morgan fingerprint density at radius 3 is 2.48 bits per heavy atom. The Kier molecular flexibility index (Phi) is 4.78. The van der Waals surface area contributed by atoms with E-state index in [4.69, 9.17) is 0 Å². The minimum absolute atomic E-state index is 0.0132. The maximum Gasteiger partial charge on any atom is 0.226 e. The molecule has 0 aliphatic rings. The van der Waals surface area contributed by atoms with E-state index in [-0.39, 0.29) is 11.9 Å². The number of carbonyl (C=O) groups is 1. The Morgan fingerprint density at radius 1 is 1.29 bits per heavy atom. The standard InChI is InChI=1S/C17H23N3O/c1-5-15-6-8-16(9-7-15)18-17(21)11-14(4)20-13(3)10-12(2)19-20/h6-10,14H,5,11H2,1-4H3,(H,18,21)/t14-/m0/s1. The van der Waals surface area contributed by atoms with Crippen LogP contribution in [0.15, 0.2) is 30.3 Å². The smallest absolute Gasteiger partial charge is 0.226 e. The fraction of sp³-hybridized carbons (Fsp3) is 0.412. The fourth-order valence-electron chi connectivity index (χ4n) is 2.48. The summed E-state index contributed by atoms with van der Waals surface area (Å²) in [5.41, 5.74) is 4.18. The van der Waals surface area contributed by atoms with E-state index in [1.54, 1.807) is 0 Å². The molecule has 2 aromatic rings. The van der Waals surface area contributed by atoms with Gasteiger partial charge in [0.15, 0.2) is 0 Å². The van der Waals surface area contributed by atoms with Gasteiger partial charge in [0, 0.05) is 17.8 Å². The highest BCUT2D eigenvalue weighted by Crippen LogP contribution is 2.16. The second-order valence-corrected chi connectivity index (χ2v) is 5.52. The summed E-state index contributed by atoms with van der Waals surface area (Å²) in [6, 6.07) is 10.1. The first-order chi connectivity index (χ1) is 9.99. The number of rotatable bonds is 5. The Hall–Kier alpha value is -2.10. The van der Waals surface area contributed by atoms with Crippen molar-refractivity contribution in [2.75, 3.05) is 5.32 Å². The van der Waals surface area contributed by atoms with Crippen LogP contribution in [0.2, 0.25) is 0 Å². The lowest BCUT2D eigenvalue weighted by Crippen LogP contribution is -2.19. The van der Waals surface area contributed by atoms with Crippen molar-refractivity contribution >= 4 is 11.6 Å². The number of carbonyl (C=O) groups excluding carboxylic acids is 1. The predicted octanol–water partition coefficient (Wildman–Crippen LogP) is 3.65. The molecule has 112 valence electrons. The minimum Gasteiger partial charge on any atom is -0.326 e. The molecule has 0 bridgehead atoms. The number of aromatic nitrogens is 2. The summed E-state index contributed by atoms with van der Waals surface area (Å²) in [6.07, 6.45) is 1.42. The van der Waals surface area contributed by atoms with Crippen LogP contribution >= 0.6 is 0 Å². The van der Waals surface area contributed by atoms with Gasteiger partial charge in [-0.05, 0) is 51.0 Å². The van der Waals surface area contributed by atoms with Crippen molar-refractivity contribution in [2.45, 2.75) is 46.6 Å². The predicted molar refractivity (Wildman–Crippen MR) is 85.5 cm³/mol. The molecule has 0 spiro atoms. The lowest BCUT2D eigenvalue weighted by atomic mass is 10.1. The highest BCUT2D eigenvalue weighted by molar-refractivity contribution is 5.90. The number of aryl methyl sites for hydroxylation is 3. The number of hydrogen-bond donors (Lipinski definition) is 1. The van der Waals surface area contributed by atoms with Crippen molar-refractivity contribution in [3.05, 3.63) is 47.3 Å². The number of amides is 1. The third kappa shape index (κ3) is 3.94. The average Bonchev–Trinajstić information content (AvgIpc) is 2.78. The van der Waals surface area contributed by atoms with E-state index in [1.807, 2.05) is 55.8 Å². The van der Waals surface area contributed by atoms with E-state index in [0.717, 1.165) is 23.5 Å². The van der Waals surface area contributed by atoms with Crippen molar-refractivity contribution in [1.82, 2.24) is 9.78 Å². The molecular weight excluding hydrogens is 262 g/mol. The van der Waals surface area contributed by atoms with Crippen LogP contribution in [-0.4, -0.2) is 15.7 Å². The molecule has 1 heterocycles. The molecule has 0 aliphatic heterocycles. The summed E-state index contributed by atoms with van der Waals surface area (Å²) in [7, 11) is 0. The molecule has 0 unspecified atom stereocenters. The first-order valence-electron chi connectivity index (χ1n) is 7.41. The molecule has 1 amide bonds. The van der Waals surface area contributed by atoms with Gasteiger partial charge in [-0.1, -0.05) is 19.1 Å². The molecule has 0 radical (unpaired) electrons. The van der Waals surface area contributed by atoms with Gasteiger partial charge >= 0.3 is 0 Å². The summed E-state index contributed by atoms with van der Waals surface area (Å²) in [5, 5.41) is 7.37. The number of benzene rings is 1.